The number of rotatable bonds is 2. The maximum atomic E-state index is 12.0. The Hall–Kier alpha value is -0.390. The van der Waals surface area contributed by atoms with E-state index in [2.05, 4.69) is 27.6 Å². The molecule has 1 heterocycles. The van der Waals surface area contributed by atoms with E-state index < -0.39 is 0 Å². The van der Waals surface area contributed by atoms with Crippen LogP contribution in [0.25, 0.3) is 0 Å². The van der Waals surface area contributed by atoms with Gasteiger partial charge in [-0.2, -0.15) is 0 Å². The summed E-state index contributed by atoms with van der Waals surface area (Å²) in [6.07, 6.45) is 8.63. The molecule has 1 aromatic heterocycles. The highest BCUT2D eigenvalue weighted by molar-refractivity contribution is 14.1. The van der Waals surface area contributed by atoms with E-state index in [9.17, 15) is 4.79 Å². The molecule has 17 heavy (non-hydrogen) atoms. The average Bonchev–Trinajstić information content (AvgIpc) is 2.73. The number of halogens is 1. The van der Waals surface area contributed by atoms with Gasteiger partial charge in [-0.25, -0.2) is 4.98 Å². The highest BCUT2D eigenvalue weighted by atomic mass is 127. The summed E-state index contributed by atoms with van der Waals surface area (Å²) in [7, 11) is 0. The van der Waals surface area contributed by atoms with Crippen LogP contribution < -0.4 is 5.56 Å². The Morgan fingerprint density at radius 1 is 1.06 bits per heavy atom. The van der Waals surface area contributed by atoms with E-state index in [1.165, 1.54) is 44.9 Å². The van der Waals surface area contributed by atoms with Gasteiger partial charge in [0.1, 0.15) is 5.82 Å². The minimum Gasteiger partial charge on any atom is -0.309 e. The summed E-state index contributed by atoms with van der Waals surface area (Å²) in [6, 6.07) is 0. The number of nitrogens with zero attached hydrogens (tertiary/aromatic N) is 1. The van der Waals surface area contributed by atoms with Gasteiger partial charge < -0.3 is 4.98 Å². The van der Waals surface area contributed by atoms with Crippen LogP contribution in [0.5, 0.6) is 0 Å². The van der Waals surface area contributed by atoms with Gasteiger partial charge in [-0.1, -0.05) is 19.3 Å². The van der Waals surface area contributed by atoms with Crippen molar-refractivity contribution in [2.75, 3.05) is 0 Å². The van der Waals surface area contributed by atoms with Crippen molar-refractivity contribution in [2.45, 2.75) is 56.8 Å². The van der Waals surface area contributed by atoms with Crippen LogP contribution in [-0.4, -0.2) is 9.97 Å². The molecule has 0 bridgehead atoms. The van der Waals surface area contributed by atoms with Crippen LogP contribution in [0.4, 0.5) is 0 Å². The number of hydrogen-bond donors (Lipinski definition) is 1. The molecule has 2 saturated carbocycles. The standard InChI is InChI=1S/C13H17IN2O/c14-10-11(8-4-1-2-5-8)15-12(16-13(10)17)9-6-3-7-9/h8-9H,1-7H2,(H,15,16,17). The van der Waals surface area contributed by atoms with Crippen molar-refractivity contribution >= 4 is 22.6 Å². The Morgan fingerprint density at radius 3 is 2.29 bits per heavy atom. The topological polar surface area (TPSA) is 45.8 Å². The predicted octanol–water partition coefficient (Wildman–Crippen LogP) is 3.30. The lowest BCUT2D eigenvalue weighted by Gasteiger charge is -2.25. The first-order valence-electron chi connectivity index (χ1n) is 6.55. The Kier molecular flexibility index (Phi) is 3.23. The quantitative estimate of drug-likeness (QED) is 0.837. The third kappa shape index (κ3) is 2.16. The van der Waals surface area contributed by atoms with E-state index in [0.717, 1.165) is 15.1 Å². The number of aromatic amines is 1. The molecule has 2 aliphatic carbocycles. The van der Waals surface area contributed by atoms with Gasteiger partial charge in [0, 0.05) is 11.8 Å². The summed E-state index contributed by atoms with van der Waals surface area (Å²) in [6.45, 7) is 0. The molecule has 0 radical (unpaired) electrons. The van der Waals surface area contributed by atoms with Gasteiger partial charge in [0.15, 0.2) is 0 Å². The monoisotopic (exact) mass is 344 g/mol. The number of aromatic nitrogens is 2. The molecule has 3 rings (SSSR count). The molecule has 0 saturated heterocycles. The van der Waals surface area contributed by atoms with Gasteiger partial charge in [-0.05, 0) is 48.3 Å². The smallest absolute Gasteiger partial charge is 0.264 e. The molecule has 2 aliphatic rings. The van der Waals surface area contributed by atoms with E-state index in [0.29, 0.717) is 11.8 Å². The van der Waals surface area contributed by atoms with E-state index in [-0.39, 0.29) is 5.56 Å². The van der Waals surface area contributed by atoms with Crippen molar-refractivity contribution < 1.29 is 0 Å². The summed E-state index contributed by atoms with van der Waals surface area (Å²) in [5, 5.41) is 0. The summed E-state index contributed by atoms with van der Waals surface area (Å²) >= 11 is 2.16. The van der Waals surface area contributed by atoms with Gasteiger partial charge in [-0.15, -0.1) is 0 Å². The van der Waals surface area contributed by atoms with Crippen molar-refractivity contribution in [1.29, 1.82) is 0 Å². The normalized spacial score (nSPS) is 21.7. The largest absolute Gasteiger partial charge is 0.309 e. The molecule has 0 atom stereocenters. The van der Waals surface area contributed by atoms with Crippen molar-refractivity contribution in [3.8, 4) is 0 Å². The van der Waals surface area contributed by atoms with Crippen LogP contribution in [0.1, 0.15) is 68.3 Å². The lowest BCUT2D eigenvalue weighted by atomic mass is 9.84. The maximum absolute atomic E-state index is 12.0. The Morgan fingerprint density at radius 2 is 1.71 bits per heavy atom. The summed E-state index contributed by atoms with van der Waals surface area (Å²) < 4.78 is 0.817. The third-order valence-corrected chi connectivity index (χ3v) is 5.18. The van der Waals surface area contributed by atoms with E-state index in [4.69, 9.17) is 4.98 Å². The molecule has 0 aromatic carbocycles. The first kappa shape index (κ1) is 11.7. The van der Waals surface area contributed by atoms with Crippen molar-refractivity contribution in [2.24, 2.45) is 0 Å². The lowest BCUT2D eigenvalue weighted by molar-refractivity contribution is 0.398. The predicted molar refractivity (Wildman–Crippen MR) is 75.4 cm³/mol. The highest BCUT2D eigenvalue weighted by Crippen LogP contribution is 2.37. The summed E-state index contributed by atoms with van der Waals surface area (Å²) in [5.41, 5.74) is 1.15. The molecule has 1 N–H and O–H groups in total. The molecule has 1 aromatic rings. The zero-order valence-electron chi connectivity index (χ0n) is 9.84. The Labute approximate surface area is 115 Å². The van der Waals surface area contributed by atoms with Crippen LogP contribution in [0.15, 0.2) is 4.79 Å². The molecule has 4 heteroatoms. The van der Waals surface area contributed by atoms with Crippen LogP contribution >= 0.6 is 22.6 Å². The Balaban J connectivity index is 1.99. The zero-order valence-corrected chi connectivity index (χ0v) is 12.0. The second-order valence-electron chi connectivity index (χ2n) is 5.26. The zero-order chi connectivity index (χ0) is 11.8. The first-order valence-corrected chi connectivity index (χ1v) is 7.63. The molecular weight excluding hydrogens is 327 g/mol. The van der Waals surface area contributed by atoms with Gasteiger partial charge in [-0.3, -0.25) is 4.79 Å². The lowest BCUT2D eigenvalue weighted by Crippen LogP contribution is -2.23. The van der Waals surface area contributed by atoms with Gasteiger partial charge in [0.2, 0.25) is 0 Å². The van der Waals surface area contributed by atoms with Crippen LogP contribution in [-0.2, 0) is 0 Å². The van der Waals surface area contributed by atoms with Gasteiger partial charge >= 0.3 is 0 Å². The van der Waals surface area contributed by atoms with E-state index >= 15 is 0 Å². The fraction of sp³-hybridized carbons (Fsp3) is 0.692. The number of hydrogen-bond acceptors (Lipinski definition) is 2. The molecule has 2 fully saturated rings. The molecule has 0 aliphatic heterocycles. The van der Waals surface area contributed by atoms with E-state index in [1.807, 2.05) is 0 Å². The van der Waals surface area contributed by atoms with Crippen LogP contribution in [0.3, 0.4) is 0 Å². The van der Waals surface area contributed by atoms with Crippen molar-refractivity contribution in [3.63, 3.8) is 0 Å². The maximum Gasteiger partial charge on any atom is 0.264 e. The fourth-order valence-electron chi connectivity index (χ4n) is 2.84. The van der Waals surface area contributed by atoms with Gasteiger partial charge in [0.05, 0.1) is 9.26 Å². The van der Waals surface area contributed by atoms with Crippen LogP contribution in [0, 0.1) is 3.57 Å². The van der Waals surface area contributed by atoms with Crippen molar-refractivity contribution in [3.05, 3.63) is 25.4 Å². The van der Waals surface area contributed by atoms with Crippen LogP contribution in [0.2, 0.25) is 0 Å². The van der Waals surface area contributed by atoms with Crippen molar-refractivity contribution in [1.82, 2.24) is 9.97 Å². The first-order chi connectivity index (χ1) is 8.25. The number of nitrogens with one attached hydrogen (secondary N) is 1. The number of H-pyrrole nitrogens is 1. The second kappa shape index (κ2) is 4.71. The SMILES string of the molecule is O=c1[nH]c(C2CCC2)nc(C2CCCC2)c1I. The molecule has 3 nitrogen and oxygen atoms in total. The molecule has 92 valence electrons. The summed E-state index contributed by atoms with van der Waals surface area (Å²) in [4.78, 5) is 19.7. The molecule has 0 spiro atoms. The van der Waals surface area contributed by atoms with E-state index in [1.54, 1.807) is 0 Å². The second-order valence-corrected chi connectivity index (χ2v) is 6.34. The Bertz CT molecular complexity index is 473. The minimum atomic E-state index is 0.0735. The molecule has 0 unspecified atom stereocenters. The summed E-state index contributed by atoms with van der Waals surface area (Å²) in [5.74, 6) is 1.99. The van der Waals surface area contributed by atoms with Gasteiger partial charge in [0.25, 0.3) is 5.56 Å². The highest BCUT2D eigenvalue weighted by Gasteiger charge is 2.27. The minimum absolute atomic E-state index is 0.0735. The fourth-order valence-corrected chi connectivity index (χ4v) is 3.53. The molecule has 0 amide bonds. The average molecular weight is 344 g/mol. The molecular formula is C13H17IN2O. The third-order valence-electron chi connectivity index (χ3n) is 4.14.